The minimum absolute atomic E-state index is 0.227. The summed E-state index contributed by atoms with van der Waals surface area (Å²) in [6.45, 7) is 3.88. The molecule has 3 unspecified atom stereocenters. The molecule has 19 heavy (non-hydrogen) atoms. The number of hydrogen-bond acceptors (Lipinski definition) is 3. The Morgan fingerprint density at radius 1 is 1.21 bits per heavy atom. The number of benzene rings is 1. The van der Waals surface area contributed by atoms with E-state index in [1.165, 1.54) is 24.8 Å². The van der Waals surface area contributed by atoms with Crippen LogP contribution in [0.25, 0.3) is 0 Å². The van der Waals surface area contributed by atoms with Gasteiger partial charge in [-0.3, -0.25) is 0 Å². The first-order valence-electron chi connectivity index (χ1n) is 7.51. The molecule has 0 aromatic heterocycles. The maximum Gasteiger partial charge on any atom is 0.0791 e. The predicted octanol–water partition coefficient (Wildman–Crippen LogP) is 1.59. The van der Waals surface area contributed by atoms with E-state index in [0.717, 1.165) is 26.2 Å². The molecule has 3 atom stereocenters. The highest BCUT2D eigenvalue weighted by atomic mass is 16.3. The summed E-state index contributed by atoms with van der Waals surface area (Å²) in [6.07, 6.45) is 3.56. The lowest BCUT2D eigenvalue weighted by Crippen LogP contribution is -2.38. The summed E-state index contributed by atoms with van der Waals surface area (Å²) in [5, 5.41) is 13.5. The molecule has 2 N–H and O–H groups in total. The molecule has 3 nitrogen and oxygen atoms in total. The normalized spacial score (nSPS) is 28.5. The van der Waals surface area contributed by atoms with Crippen molar-refractivity contribution in [1.29, 1.82) is 0 Å². The molecule has 0 spiro atoms. The highest BCUT2D eigenvalue weighted by Gasteiger charge is 2.37. The van der Waals surface area contributed by atoms with Crippen LogP contribution in [0.5, 0.6) is 0 Å². The third-order valence-electron chi connectivity index (χ3n) is 4.30. The number of β-amino-alcohol motifs (C(OH)–C–C–N with tert-alkyl or cyclic N) is 1. The van der Waals surface area contributed by atoms with Gasteiger partial charge in [-0.15, -0.1) is 0 Å². The average molecular weight is 260 g/mol. The Balaban J connectivity index is 1.37. The van der Waals surface area contributed by atoms with Gasteiger partial charge in [0.2, 0.25) is 0 Å². The minimum Gasteiger partial charge on any atom is -0.390 e. The molecule has 1 aromatic carbocycles. The second kappa shape index (κ2) is 6.04. The van der Waals surface area contributed by atoms with Gasteiger partial charge in [-0.1, -0.05) is 30.3 Å². The van der Waals surface area contributed by atoms with E-state index in [1.807, 2.05) is 0 Å². The van der Waals surface area contributed by atoms with Crippen LogP contribution in [0.1, 0.15) is 30.7 Å². The van der Waals surface area contributed by atoms with Crippen molar-refractivity contribution in [3.8, 4) is 0 Å². The number of aliphatic hydroxyl groups is 1. The molecular weight excluding hydrogens is 236 g/mol. The Labute approximate surface area is 115 Å². The molecule has 1 aliphatic carbocycles. The summed E-state index contributed by atoms with van der Waals surface area (Å²) in [7, 11) is 0. The van der Waals surface area contributed by atoms with Crippen LogP contribution in [0.4, 0.5) is 0 Å². The zero-order valence-corrected chi connectivity index (χ0v) is 11.5. The third kappa shape index (κ3) is 3.56. The number of aliphatic hydroxyl groups excluding tert-OH is 1. The van der Waals surface area contributed by atoms with Crippen molar-refractivity contribution in [2.45, 2.75) is 37.3 Å². The second-order valence-corrected chi connectivity index (χ2v) is 5.93. The van der Waals surface area contributed by atoms with E-state index in [9.17, 15) is 5.11 Å². The SMILES string of the molecule is OC(CNC1CC1c1ccccc1)CN1CCCC1. The number of likely N-dealkylation sites (tertiary alicyclic amines) is 1. The standard InChI is InChI=1S/C16H24N2O/c19-14(12-18-8-4-5-9-18)11-17-16-10-15(16)13-6-2-1-3-7-13/h1-3,6-7,14-17,19H,4-5,8-12H2. The fraction of sp³-hybridized carbons (Fsp3) is 0.625. The summed E-state index contributed by atoms with van der Waals surface area (Å²) < 4.78 is 0. The van der Waals surface area contributed by atoms with Crippen LogP contribution in [-0.4, -0.2) is 48.3 Å². The van der Waals surface area contributed by atoms with E-state index in [0.29, 0.717) is 12.0 Å². The van der Waals surface area contributed by atoms with Gasteiger partial charge in [-0.25, -0.2) is 0 Å². The molecule has 1 aromatic rings. The monoisotopic (exact) mass is 260 g/mol. The first-order chi connectivity index (χ1) is 9.33. The molecule has 1 aliphatic heterocycles. The second-order valence-electron chi connectivity index (χ2n) is 5.93. The molecule has 2 fully saturated rings. The number of nitrogens with zero attached hydrogens (tertiary/aromatic N) is 1. The van der Waals surface area contributed by atoms with Crippen LogP contribution in [-0.2, 0) is 0 Å². The first kappa shape index (κ1) is 13.1. The summed E-state index contributed by atoms with van der Waals surface area (Å²) in [6, 6.07) is 11.2. The lowest BCUT2D eigenvalue weighted by Gasteiger charge is -2.19. The van der Waals surface area contributed by atoms with Crippen molar-refractivity contribution in [2.24, 2.45) is 0 Å². The van der Waals surface area contributed by atoms with Crippen LogP contribution in [0, 0.1) is 0 Å². The van der Waals surface area contributed by atoms with Crippen LogP contribution in [0.2, 0.25) is 0 Å². The molecule has 2 aliphatic rings. The highest BCUT2D eigenvalue weighted by molar-refractivity contribution is 5.27. The van der Waals surface area contributed by atoms with Crippen molar-refractivity contribution in [3.63, 3.8) is 0 Å². The number of hydrogen-bond donors (Lipinski definition) is 2. The maximum atomic E-state index is 10.0. The zero-order valence-electron chi connectivity index (χ0n) is 11.5. The highest BCUT2D eigenvalue weighted by Crippen LogP contribution is 2.40. The van der Waals surface area contributed by atoms with Gasteiger partial charge in [-0.05, 0) is 37.9 Å². The predicted molar refractivity (Wildman–Crippen MR) is 77.3 cm³/mol. The van der Waals surface area contributed by atoms with Gasteiger partial charge < -0.3 is 15.3 Å². The molecule has 3 rings (SSSR count). The molecule has 3 heteroatoms. The summed E-state index contributed by atoms with van der Waals surface area (Å²) in [5.41, 5.74) is 1.43. The Morgan fingerprint density at radius 2 is 1.95 bits per heavy atom. The smallest absolute Gasteiger partial charge is 0.0791 e. The fourth-order valence-corrected chi connectivity index (χ4v) is 3.10. The Hall–Kier alpha value is -0.900. The molecule has 1 heterocycles. The maximum absolute atomic E-state index is 10.0. The van der Waals surface area contributed by atoms with Gasteiger partial charge >= 0.3 is 0 Å². The fourth-order valence-electron chi connectivity index (χ4n) is 3.10. The molecule has 0 radical (unpaired) electrons. The Bertz CT molecular complexity index is 389. The number of rotatable bonds is 6. The van der Waals surface area contributed by atoms with Crippen molar-refractivity contribution in [3.05, 3.63) is 35.9 Å². The van der Waals surface area contributed by atoms with E-state index in [1.54, 1.807) is 0 Å². The summed E-state index contributed by atoms with van der Waals surface area (Å²) >= 11 is 0. The van der Waals surface area contributed by atoms with Crippen molar-refractivity contribution < 1.29 is 5.11 Å². The van der Waals surface area contributed by atoms with E-state index in [-0.39, 0.29) is 6.10 Å². The van der Waals surface area contributed by atoms with E-state index in [4.69, 9.17) is 0 Å². The van der Waals surface area contributed by atoms with Crippen LogP contribution >= 0.6 is 0 Å². The van der Waals surface area contributed by atoms with Crippen LogP contribution < -0.4 is 5.32 Å². The topological polar surface area (TPSA) is 35.5 Å². The molecule has 0 amide bonds. The quantitative estimate of drug-likeness (QED) is 0.815. The number of nitrogens with one attached hydrogen (secondary N) is 1. The lowest BCUT2D eigenvalue weighted by atomic mass is 10.1. The van der Waals surface area contributed by atoms with Crippen molar-refractivity contribution in [2.75, 3.05) is 26.2 Å². The van der Waals surface area contributed by atoms with E-state index >= 15 is 0 Å². The van der Waals surface area contributed by atoms with Crippen LogP contribution in [0.15, 0.2) is 30.3 Å². The molecule has 1 saturated heterocycles. The Morgan fingerprint density at radius 3 is 2.68 bits per heavy atom. The van der Waals surface area contributed by atoms with Gasteiger partial charge in [0.1, 0.15) is 0 Å². The average Bonchev–Trinajstić information content (AvgIpc) is 3.05. The first-order valence-corrected chi connectivity index (χ1v) is 7.51. The van der Waals surface area contributed by atoms with Crippen molar-refractivity contribution >= 4 is 0 Å². The van der Waals surface area contributed by atoms with Gasteiger partial charge in [-0.2, -0.15) is 0 Å². The zero-order chi connectivity index (χ0) is 13.1. The molecular formula is C16H24N2O. The molecule has 1 saturated carbocycles. The van der Waals surface area contributed by atoms with Gasteiger partial charge in [0.15, 0.2) is 0 Å². The summed E-state index contributed by atoms with van der Waals surface area (Å²) in [4.78, 5) is 2.37. The molecule has 0 bridgehead atoms. The lowest BCUT2D eigenvalue weighted by molar-refractivity contribution is 0.123. The largest absolute Gasteiger partial charge is 0.390 e. The Kier molecular flexibility index (Phi) is 4.16. The summed E-state index contributed by atoms with van der Waals surface area (Å²) in [5.74, 6) is 0.653. The van der Waals surface area contributed by atoms with Gasteiger partial charge in [0.25, 0.3) is 0 Å². The van der Waals surface area contributed by atoms with Crippen LogP contribution in [0.3, 0.4) is 0 Å². The minimum atomic E-state index is -0.227. The molecule has 104 valence electrons. The van der Waals surface area contributed by atoms with E-state index < -0.39 is 0 Å². The van der Waals surface area contributed by atoms with E-state index in [2.05, 4.69) is 40.5 Å². The third-order valence-corrected chi connectivity index (χ3v) is 4.30. The van der Waals surface area contributed by atoms with Gasteiger partial charge in [0.05, 0.1) is 6.10 Å². The van der Waals surface area contributed by atoms with Crippen molar-refractivity contribution in [1.82, 2.24) is 10.2 Å². The van der Waals surface area contributed by atoms with Gasteiger partial charge in [0, 0.05) is 25.0 Å².